The molecule has 1 heterocycles. The molecule has 0 amide bonds. The number of hydrogen-bond donors (Lipinski definition) is 1. The standard InChI is InChI=1S/C17H36N2O/c1-5-7-13-20-14-8-11-19-12-9-17(18-10-6-2)15(3)16(19)4/h15-18H,5-14H2,1-4H3. The summed E-state index contributed by atoms with van der Waals surface area (Å²) in [6.45, 7) is 14.7. The van der Waals surface area contributed by atoms with Crippen molar-refractivity contribution < 1.29 is 4.74 Å². The Hall–Kier alpha value is -0.120. The van der Waals surface area contributed by atoms with Crippen molar-refractivity contribution in [2.45, 2.75) is 71.9 Å². The lowest BCUT2D eigenvalue weighted by Gasteiger charge is -2.43. The maximum Gasteiger partial charge on any atom is 0.0478 e. The Morgan fingerprint density at radius 2 is 1.85 bits per heavy atom. The second-order valence-electron chi connectivity index (χ2n) is 6.30. The number of nitrogens with zero attached hydrogens (tertiary/aromatic N) is 1. The Balaban J connectivity index is 2.18. The average Bonchev–Trinajstić information content (AvgIpc) is 2.46. The summed E-state index contributed by atoms with van der Waals surface area (Å²) in [5.41, 5.74) is 0. The van der Waals surface area contributed by atoms with Crippen LogP contribution in [0.1, 0.15) is 59.8 Å². The van der Waals surface area contributed by atoms with Crippen molar-refractivity contribution in [3.05, 3.63) is 0 Å². The van der Waals surface area contributed by atoms with Crippen molar-refractivity contribution in [1.29, 1.82) is 0 Å². The van der Waals surface area contributed by atoms with Crippen molar-refractivity contribution >= 4 is 0 Å². The third-order valence-electron chi connectivity index (χ3n) is 4.73. The lowest BCUT2D eigenvalue weighted by molar-refractivity contribution is 0.0666. The first kappa shape index (κ1) is 17.9. The molecule has 1 rings (SSSR count). The van der Waals surface area contributed by atoms with Crippen molar-refractivity contribution in [2.75, 3.05) is 32.8 Å². The lowest BCUT2D eigenvalue weighted by Crippen LogP contribution is -2.53. The second-order valence-corrected chi connectivity index (χ2v) is 6.30. The number of unbranched alkanes of at least 4 members (excludes halogenated alkanes) is 1. The molecule has 1 saturated heterocycles. The summed E-state index contributed by atoms with van der Waals surface area (Å²) in [6.07, 6.45) is 6.13. The summed E-state index contributed by atoms with van der Waals surface area (Å²) in [4.78, 5) is 2.65. The average molecular weight is 284 g/mol. The van der Waals surface area contributed by atoms with E-state index >= 15 is 0 Å². The molecule has 1 aliphatic rings. The van der Waals surface area contributed by atoms with Gasteiger partial charge >= 0.3 is 0 Å². The number of rotatable bonds is 10. The molecule has 0 aromatic rings. The molecule has 0 aromatic heterocycles. The van der Waals surface area contributed by atoms with Gasteiger partial charge in [-0.2, -0.15) is 0 Å². The molecular formula is C17H36N2O. The SMILES string of the molecule is CCCCOCCCN1CCC(NCCC)C(C)C1C. The number of nitrogens with one attached hydrogen (secondary N) is 1. The first-order valence-corrected chi connectivity index (χ1v) is 8.75. The van der Waals surface area contributed by atoms with Gasteiger partial charge in [-0.05, 0) is 51.6 Å². The van der Waals surface area contributed by atoms with Gasteiger partial charge in [0.05, 0.1) is 0 Å². The minimum atomic E-state index is 0.689. The summed E-state index contributed by atoms with van der Waals surface area (Å²) < 4.78 is 5.66. The molecule has 120 valence electrons. The van der Waals surface area contributed by atoms with Gasteiger partial charge in [0, 0.05) is 31.8 Å². The molecule has 1 fully saturated rings. The monoisotopic (exact) mass is 284 g/mol. The Bertz CT molecular complexity index is 235. The van der Waals surface area contributed by atoms with Crippen LogP contribution in [0, 0.1) is 5.92 Å². The van der Waals surface area contributed by atoms with Gasteiger partial charge in [-0.15, -0.1) is 0 Å². The highest BCUT2D eigenvalue weighted by atomic mass is 16.5. The van der Waals surface area contributed by atoms with Crippen molar-refractivity contribution in [3.8, 4) is 0 Å². The summed E-state index contributed by atoms with van der Waals surface area (Å²) in [5, 5.41) is 3.71. The maximum atomic E-state index is 5.66. The van der Waals surface area contributed by atoms with Crippen LogP contribution in [0.2, 0.25) is 0 Å². The minimum Gasteiger partial charge on any atom is -0.381 e. The third-order valence-corrected chi connectivity index (χ3v) is 4.73. The van der Waals surface area contributed by atoms with Crippen LogP contribution in [0.5, 0.6) is 0 Å². The van der Waals surface area contributed by atoms with E-state index in [2.05, 4.69) is 37.9 Å². The van der Waals surface area contributed by atoms with Gasteiger partial charge in [0.25, 0.3) is 0 Å². The quantitative estimate of drug-likeness (QED) is 0.623. The Labute approximate surface area is 126 Å². The van der Waals surface area contributed by atoms with Crippen LogP contribution in [0.4, 0.5) is 0 Å². The molecule has 3 unspecified atom stereocenters. The first-order chi connectivity index (χ1) is 9.70. The fourth-order valence-corrected chi connectivity index (χ4v) is 3.09. The highest BCUT2D eigenvalue weighted by Gasteiger charge is 2.31. The van der Waals surface area contributed by atoms with Crippen LogP contribution in [-0.4, -0.2) is 49.8 Å². The van der Waals surface area contributed by atoms with E-state index in [4.69, 9.17) is 4.74 Å². The normalized spacial score (nSPS) is 27.9. The fourth-order valence-electron chi connectivity index (χ4n) is 3.09. The van der Waals surface area contributed by atoms with Crippen molar-refractivity contribution in [3.63, 3.8) is 0 Å². The van der Waals surface area contributed by atoms with Gasteiger partial charge in [0.15, 0.2) is 0 Å². The van der Waals surface area contributed by atoms with Crippen molar-refractivity contribution in [2.24, 2.45) is 5.92 Å². The summed E-state index contributed by atoms with van der Waals surface area (Å²) in [7, 11) is 0. The van der Waals surface area contributed by atoms with Gasteiger partial charge in [-0.3, -0.25) is 0 Å². The Kier molecular flexibility index (Phi) is 9.49. The van der Waals surface area contributed by atoms with E-state index in [1.165, 1.54) is 45.2 Å². The molecule has 0 spiro atoms. The third kappa shape index (κ3) is 6.11. The molecule has 1 aliphatic heterocycles. The maximum absolute atomic E-state index is 5.66. The number of hydrogen-bond acceptors (Lipinski definition) is 3. The van der Waals surface area contributed by atoms with E-state index in [-0.39, 0.29) is 0 Å². The summed E-state index contributed by atoms with van der Waals surface area (Å²) >= 11 is 0. The molecule has 3 atom stereocenters. The topological polar surface area (TPSA) is 24.5 Å². The van der Waals surface area contributed by atoms with Crippen LogP contribution >= 0.6 is 0 Å². The molecular weight excluding hydrogens is 248 g/mol. The largest absolute Gasteiger partial charge is 0.381 e. The van der Waals surface area contributed by atoms with Crippen LogP contribution in [-0.2, 0) is 4.74 Å². The fraction of sp³-hybridized carbons (Fsp3) is 1.00. The van der Waals surface area contributed by atoms with Gasteiger partial charge in [-0.1, -0.05) is 27.2 Å². The van der Waals surface area contributed by atoms with Gasteiger partial charge < -0.3 is 15.0 Å². The van der Waals surface area contributed by atoms with E-state index < -0.39 is 0 Å². The second kappa shape index (κ2) is 10.6. The molecule has 3 heteroatoms. The predicted molar refractivity (Wildman–Crippen MR) is 87.2 cm³/mol. The summed E-state index contributed by atoms with van der Waals surface area (Å²) in [5.74, 6) is 0.747. The first-order valence-electron chi connectivity index (χ1n) is 8.75. The molecule has 20 heavy (non-hydrogen) atoms. The molecule has 0 aliphatic carbocycles. The highest BCUT2D eigenvalue weighted by molar-refractivity contribution is 4.88. The zero-order valence-electron chi connectivity index (χ0n) is 14.2. The minimum absolute atomic E-state index is 0.689. The van der Waals surface area contributed by atoms with Gasteiger partial charge in [0.1, 0.15) is 0 Å². The van der Waals surface area contributed by atoms with E-state index in [0.717, 1.165) is 25.7 Å². The zero-order chi connectivity index (χ0) is 14.8. The van der Waals surface area contributed by atoms with Crippen LogP contribution in [0.15, 0.2) is 0 Å². The molecule has 0 saturated carbocycles. The number of ether oxygens (including phenoxy) is 1. The van der Waals surface area contributed by atoms with Crippen molar-refractivity contribution in [1.82, 2.24) is 10.2 Å². The Morgan fingerprint density at radius 3 is 2.55 bits per heavy atom. The zero-order valence-corrected chi connectivity index (χ0v) is 14.2. The number of piperidine rings is 1. The van der Waals surface area contributed by atoms with E-state index in [1.54, 1.807) is 0 Å². The van der Waals surface area contributed by atoms with Crippen LogP contribution < -0.4 is 5.32 Å². The molecule has 0 bridgehead atoms. The molecule has 3 nitrogen and oxygen atoms in total. The molecule has 0 aromatic carbocycles. The number of likely N-dealkylation sites (tertiary alicyclic amines) is 1. The molecule has 0 radical (unpaired) electrons. The highest BCUT2D eigenvalue weighted by Crippen LogP contribution is 2.23. The van der Waals surface area contributed by atoms with E-state index in [9.17, 15) is 0 Å². The van der Waals surface area contributed by atoms with Gasteiger partial charge in [-0.25, -0.2) is 0 Å². The van der Waals surface area contributed by atoms with E-state index in [1.807, 2.05) is 0 Å². The van der Waals surface area contributed by atoms with Crippen LogP contribution in [0.25, 0.3) is 0 Å². The van der Waals surface area contributed by atoms with Crippen LogP contribution in [0.3, 0.4) is 0 Å². The lowest BCUT2D eigenvalue weighted by atomic mass is 9.87. The Morgan fingerprint density at radius 1 is 1.10 bits per heavy atom. The van der Waals surface area contributed by atoms with E-state index in [0.29, 0.717) is 12.1 Å². The van der Waals surface area contributed by atoms with Gasteiger partial charge in [0.2, 0.25) is 0 Å². The summed E-state index contributed by atoms with van der Waals surface area (Å²) in [6, 6.07) is 1.40. The predicted octanol–water partition coefficient (Wildman–Crippen LogP) is 3.29. The molecule has 1 N–H and O–H groups in total. The smallest absolute Gasteiger partial charge is 0.0478 e.